The topological polar surface area (TPSA) is 100 Å². The summed E-state index contributed by atoms with van der Waals surface area (Å²) in [6, 6.07) is 10.8. The number of nitrogens with one attached hydrogen (secondary N) is 3. The molecule has 2 aromatic carbocycles. The maximum Gasteiger partial charge on any atom is 0.251 e. The molecule has 0 saturated carbocycles. The number of rotatable bonds is 9. The van der Waals surface area contributed by atoms with Gasteiger partial charge in [-0.2, -0.15) is 0 Å². The lowest BCUT2D eigenvalue weighted by Crippen LogP contribution is -2.29. The zero-order chi connectivity index (χ0) is 21.7. The molecule has 30 heavy (non-hydrogen) atoms. The molecule has 0 aliphatic carbocycles. The van der Waals surface area contributed by atoms with E-state index < -0.39 is 10.0 Å². The van der Waals surface area contributed by atoms with Gasteiger partial charge in [-0.3, -0.25) is 4.79 Å². The number of H-pyrrole nitrogens is 1. The molecular weight excluding hydrogens is 402 g/mol. The van der Waals surface area contributed by atoms with Gasteiger partial charge in [0, 0.05) is 42.9 Å². The van der Waals surface area contributed by atoms with Crippen LogP contribution in [0.1, 0.15) is 27.0 Å². The third kappa shape index (κ3) is 5.08. The number of ether oxygens (including phenoxy) is 1. The normalized spacial score (nSPS) is 11.7. The SMILES string of the molecule is COCCNS(=O)(=O)c1ccc(C)c(C(=O)NCCc2c[nH]c3cc(C)ccc23)c1. The van der Waals surface area contributed by atoms with Crippen molar-refractivity contribution in [2.24, 2.45) is 0 Å². The molecule has 3 N–H and O–H groups in total. The van der Waals surface area contributed by atoms with Crippen LogP contribution in [0.2, 0.25) is 0 Å². The van der Waals surface area contributed by atoms with Gasteiger partial charge >= 0.3 is 0 Å². The van der Waals surface area contributed by atoms with E-state index in [1.54, 1.807) is 13.0 Å². The number of aromatic nitrogens is 1. The van der Waals surface area contributed by atoms with Crippen LogP contribution < -0.4 is 10.0 Å². The molecule has 0 saturated heterocycles. The molecule has 0 atom stereocenters. The predicted octanol–water partition coefficient (Wildman–Crippen LogP) is 2.68. The maximum atomic E-state index is 12.7. The number of aromatic amines is 1. The van der Waals surface area contributed by atoms with Gasteiger partial charge in [-0.15, -0.1) is 0 Å². The number of fused-ring (bicyclic) bond motifs is 1. The molecule has 1 aromatic heterocycles. The molecule has 7 nitrogen and oxygen atoms in total. The summed E-state index contributed by atoms with van der Waals surface area (Å²) in [6.45, 7) is 4.71. The van der Waals surface area contributed by atoms with Crippen molar-refractivity contribution in [3.8, 4) is 0 Å². The van der Waals surface area contributed by atoms with Crippen LogP contribution in [0.5, 0.6) is 0 Å². The monoisotopic (exact) mass is 429 g/mol. The van der Waals surface area contributed by atoms with Gasteiger partial charge in [0.25, 0.3) is 5.91 Å². The van der Waals surface area contributed by atoms with Crippen LogP contribution in [0.15, 0.2) is 47.5 Å². The first-order chi connectivity index (χ1) is 14.3. The molecule has 3 aromatic rings. The molecule has 0 spiro atoms. The van der Waals surface area contributed by atoms with E-state index in [-0.39, 0.29) is 24.0 Å². The molecule has 0 aliphatic rings. The second-order valence-corrected chi connectivity index (χ2v) is 9.00. The molecule has 0 radical (unpaired) electrons. The average molecular weight is 430 g/mol. The van der Waals surface area contributed by atoms with Crippen LogP contribution in [-0.4, -0.2) is 46.1 Å². The fourth-order valence-corrected chi connectivity index (χ4v) is 4.33. The first-order valence-corrected chi connectivity index (χ1v) is 11.2. The smallest absolute Gasteiger partial charge is 0.251 e. The van der Waals surface area contributed by atoms with E-state index in [2.05, 4.69) is 33.2 Å². The molecule has 0 fully saturated rings. The van der Waals surface area contributed by atoms with Crippen molar-refractivity contribution in [1.82, 2.24) is 15.0 Å². The largest absolute Gasteiger partial charge is 0.383 e. The van der Waals surface area contributed by atoms with Gasteiger partial charge in [-0.1, -0.05) is 18.2 Å². The summed E-state index contributed by atoms with van der Waals surface area (Å²) in [7, 11) is -2.20. The van der Waals surface area contributed by atoms with Gasteiger partial charge in [-0.05, 0) is 55.2 Å². The number of hydrogen-bond acceptors (Lipinski definition) is 4. The highest BCUT2D eigenvalue weighted by atomic mass is 32.2. The van der Waals surface area contributed by atoms with Crippen molar-refractivity contribution in [3.63, 3.8) is 0 Å². The standard InChI is InChI=1S/C22H27N3O4S/c1-15-4-7-19-17(14-24-21(19)12-15)8-9-23-22(26)20-13-18(6-5-16(20)2)30(27,28)25-10-11-29-3/h4-7,12-14,24-25H,8-11H2,1-3H3,(H,23,26). The van der Waals surface area contributed by atoms with Crippen molar-refractivity contribution < 1.29 is 17.9 Å². The Kier molecular flexibility index (Phi) is 6.91. The van der Waals surface area contributed by atoms with E-state index in [1.165, 1.54) is 24.8 Å². The molecule has 0 bridgehead atoms. The third-order valence-corrected chi connectivity index (χ3v) is 6.42. The average Bonchev–Trinajstić information content (AvgIpc) is 3.10. The molecule has 8 heteroatoms. The number of methoxy groups -OCH3 is 1. The summed E-state index contributed by atoms with van der Waals surface area (Å²) in [6.07, 6.45) is 2.63. The molecule has 160 valence electrons. The zero-order valence-corrected chi connectivity index (χ0v) is 18.2. The second-order valence-electron chi connectivity index (χ2n) is 7.24. The zero-order valence-electron chi connectivity index (χ0n) is 17.4. The van der Waals surface area contributed by atoms with Crippen molar-refractivity contribution in [2.45, 2.75) is 25.2 Å². The minimum absolute atomic E-state index is 0.0568. The Morgan fingerprint density at radius 2 is 1.90 bits per heavy atom. The quantitative estimate of drug-likeness (QED) is 0.455. The van der Waals surface area contributed by atoms with Crippen molar-refractivity contribution in [2.75, 3.05) is 26.8 Å². The lowest BCUT2D eigenvalue weighted by Gasteiger charge is -2.11. The van der Waals surface area contributed by atoms with Crippen LogP contribution in [0.3, 0.4) is 0 Å². The van der Waals surface area contributed by atoms with E-state index in [0.717, 1.165) is 16.5 Å². The van der Waals surface area contributed by atoms with Crippen LogP contribution >= 0.6 is 0 Å². The highest BCUT2D eigenvalue weighted by Crippen LogP contribution is 2.20. The van der Waals surface area contributed by atoms with Gasteiger partial charge in [0.15, 0.2) is 0 Å². The van der Waals surface area contributed by atoms with E-state index >= 15 is 0 Å². The Labute approximate surface area is 176 Å². The van der Waals surface area contributed by atoms with Crippen LogP contribution in [0.4, 0.5) is 0 Å². The number of hydrogen-bond donors (Lipinski definition) is 3. The van der Waals surface area contributed by atoms with Crippen LogP contribution in [-0.2, 0) is 21.2 Å². The number of sulfonamides is 1. The van der Waals surface area contributed by atoms with Gasteiger partial charge < -0.3 is 15.0 Å². The van der Waals surface area contributed by atoms with Crippen LogP contribution in [0, 0.1) is 13.8 Å². The summed E-state index contributed by atoms with van der Waals surface area (Å²) < 4.78 is 32.1. The number of carbonyl (C=O) groups is 1. The van der Waals surface area contributed by atoms with Crippen LogP contribution in [0.25, 0.3) is 10.9 Å². The Morgan fingerprint density at radius 1 is 1.10 bits per heavy atom. The summed E-state index contributed by atoms with van der Waals surface area (Å²) in [5.74, 6) is -0.294. The fourth-order valence-electron chi connectivity index (χ4n) is 3.29. The number of aryl methyl sites for hydroxylation is 2. The molecule has 3 rings (SSSR count). The molecule has 0 unspecified atom stereocenters. The maximum absolute atomic E-state index is 12.7. The summed E-state index contributed by atoms with van der Waals surface area (Å²) in [5.41, 5.74) is 4.45. The lowest BCUT2D eigenvalue weighted by atomic mass is 10.1. The third-order valence-electron chi connectivity index (χ3n) is 4.97. The molecule has 0 aliphatic heterocycles. The predicted molar refractivity (Wildman–Crippen MR) is 117 cm³/mol. The van der Waals surface area contributed by atoms with E-state index in [0.29, 0.717) is 24.1 Å². The fraction of sp³-hybridized carbons (Fsp3) is 0.318. The van der Waals surface area contributed by atoms with Gasteiger partial charge in [0.1, 0.15) is 0 Å². The highest BCUT2D eigenvalue weighted by molar-refractivity contribution is 7.89. The molecule has 1 heterocycles. The Morgan fingerprint density at radius 3 is 2.67 bits per heavy atom. The highest BCUT2D eigenvalue weighted by Gasteiger charge is 2.17. The number of carbonyl (C=O) groups excluding carboxylic acids is 1. The Bertz CT molecular complexity index is 1150. The minimum Gasteiger partial charge on any atom is -0.383 e. The Balaban J connectivity index is 1.67. The Hall–Kier alpha value is -2.68. The van der Waals surface area contributed by atoms with E-state index in [1.807, 2.05) is 13.1 Å². The minimum atomic E-state index is -3.70. The summed E-state index contributed by atoms with van der Waals surface area (Å²) >= 11 is 0. The second kappa shape index (κ2) is 9.42. The van der Waals surface area contributed by atoms with Gasteiger partial charge in [0.05, 0.1) is 11.5 Å². The lowest BCUT2D eigenvalue weighted by molar-refractivity contribution is 0.0953. The van der Waals surface area contributed by atoms with E-state index in [4.69, 9.17) is 4.74 Å². The first-order valence-electron chi connectivity index (χ1n) is 9.76. The van der Waals surface area contributed by atoms with Gasteiger partial charge in [-0.25, -0.2) is 13.1 Å². The summed E-state index contributed by atoms with van der Waals surface area (Å²) in [4.78, 5) is 16.0. The number of amides is 1. The molecule has 1 amide bonds. The number of benzene rings is 2. The van der Waals surface area contributed by atoms with E-state index in [9.17, 15) is 13.2 Å². The summed E-state index contributed by atoms with van der Waals surface area (Å²) in [5, 5.41) is 4.04. The van der Waals surface area contributed by atoms with Crippen molar-refractivity contribution in [1.29, 1.82) is 0 Å². The van der Waals surface area contributed by atoms with Gasteiger partial charge in [0.2, 0.25) is 10.0 Å². The first kappa shape index (κ1) is 22.0. The van der Waals surface area contributed by atoms with Crippen molar-refractivity contribution >= 4 is 26.8 Å². The molecular formula is C22H27N3O4S. The van der Waals surface area contributed by atoms with Crippen molar-refractivity contribution in [3.05, 3.63) is 64.8 Å².